The Hall–Kier alpha value is -0.460. The molecule has 0 amide bonds. The molecule has 1 atom stereocenters. The highest BCUT2D eigenvalue weighted by atomic mass is 14.9. The van der Waals surface area contributed by atoms with E-state index in [1.54, 1.807) is 0 Å². The minimum Gasteiger partial charge on any atom is -0.386 e. The molecule has 0 radical (unpaired) electrons. The van der Waals surface area contributed by atoms with Crippen molar-refractivity contribution in [3.05, 3.63) is 12.3 Å². The van der Waals surface area contributed by atoms with E-state index in [2.05, 4.69) is 53.4 Å². The van der Waals surface area contributed by atoms with Crippen LogP contribution in [0.2, 0.25) is 0 Å². The molecule has 0 aromatic rings. The largest absolute Gasteiger partial charge is 0.386 e. The molecule has 1 unspecified atom stereocenters. The maximum absolute atomic E-state index is 4.04. The molecule has 1 heteroatoms. The Morgan fingerprint density at radius 3 is 2.00 bits per heavy atom. The van der Waals surface area contributed by atoms with Gasteiger partial charge in [0.1, 0.15) is 0 Å². The summed E-state index contributed by atoms with van der Waals surface area (Å²) < 4.78 is 0. The van der Waals surface area contributed by atoms with Crippen molar-refractivity contribution in [3.63, 3.8) is 0 Å². The summed E-state index contributed by atoms with van der Waals surface area (Å²) >= 11 is 0. The fourth-order valence-electron chi connectivity index (χ4n) is 1.07. The van der Waals surface area contributed by atoms with Crippen molar-refractivity contribution >= 4 is 0 Å². The zero-order valence-electron chi connectivity index (χ0n) is 10.1. The quantitative estimate of drug-likeness (QED) is 0.702. The molecule has 0 aliphatic rings. The second-order valence-electron chi connectivity index (χ2n) is 5.43. The molecule has 1 nitrogen and oxygen atoms in total. The zero-order chi connectivity index (χ0) is 10.6. The fourth-order valence-corrected chi connectivity index (χ4v) is 1.07. The molecule has 0 heterocycles. The molecular weight excluding hydrogens is 158 g/mol. The fraction of sp³-hybridized carbons (Fsp3) is 0.833. The van der Waals surface area contributed by atoms with Crippen LogP contribution in [0, 0.1) is 11.3 Å². The van der Waals surface area contributed by atoms with Crippen LogP contribution in [0.25, 0.3) is 0 Å². The van der Waals surface area contributed by atoms with Gasteiger partial charge >= 0.3 is 0 Å². The van der Waals surface area contributed by atoms with E-state index in [1.807, 2.05) is 0 Å². The van der Waals surface area contributed by atoms with E-state index in [0.717, 1.165) is 12.1 Å². The van der Waals surface area contributed by atoms with Crippen LogP contribution in [0.1, 0.15) is 48.0 Å². The van der Waals surface area contributed by atoms with Gasteiger partial charge in [0.05, 0.1) is 0 Å². The lowest BCUT2D eigenvalue weighted by atomic mass is 9.87. The van der Waals surface area contributed by atoms with Crippen LogP contribution in [0.5, 0.6) is 0 Å². The van der Waals surface area contributed by atoms with Gasteiger partial charge in [0.2, 0.25) is 0 Å². The van der Waals surface area contributed by atoms with Gasteiger partial charge in [-0.25, -0.2) is 0 Å². The second-order valence-corrected chi connectivity index (χ2v) is 5.43. The van der Waals surface area contributed by atoms with Crippen molar-refractivity contribution in [1.29, 1.82) is 0 Å². The molecule has 0 aliphatic heterocycles. The lowest BCUT2D eigenvalue weighted by Gasteiger charge is -2.30. The Kier molecular flexibility index (Phi) is 4.52. The zero-order valence-corrected chi connectivity index (χ0v) is 10.1. The Balaban J connectivity index is 3.93. The van der Waals surface area contributed by atoms with Crippen molar-refractivity contribution in [1.82, 2.24) is 5.32 Å². The highest BCUT2D eigenvalue weighted by molar-refractivity contribution is 4.96. The number of nitrogens with one attached hydrogen (secondary N) is 1. The first-order chi connectivity index (χ1) is 5.73. The lowest BCUT2D eigenvalue weighted by Crippen LogP contribution is -2.37. The van der Waals surface area contributed by atoms with E-state index in [1.165, 1.54) is 0 Å². The molecule has 0 aromatic heterocycles. The molecule has 0 spiro atoms. The van der Waals surface area contributed by atoms with Crippen molar-refractivity contribution in [2.45, 2.75) is 54.0 Å². The van der Waals surface area contributed by atoms with Crippen molar-refractivity contribution < 1.29 is 0 Å². The molecule has 0 saturated heterocycles. The first-order valence-electron chi connectivity index (χ1n) is 5.17. The highest BCUT2D eigenvalue weighted by Crippen LogP contribution is 2.20. The summed E-state index contributed by atoms with van der Waals surface area (Å²) in [6, 6.07) is 0.485. The van der Waals surface area contributed by atoms with Crippen LogP contribution in [-0.2, 0) is 0 Å². The highest BCUT2D eigenvalue weighted by Gasteiger charge is 2.19. The summed E-state index contributed by atoms with van der Waals surface area (Å²) in [4.78, 5) is 0. The minimum atomic E-state index is 0.305. The number of hydrogen-bond acceptors (Lipinski definition) is 1. The van der Waals surface area contributed by atoms with E-state index < -0.39 is 0 Å². The van der Waals surface area contributed by atoms with E-state index in [0.29, 0.717) is 17.4 Å². The predicted octanol–water partition coefficient (Wildman–Crippen LogP) is 3.57. The molecule has 0 fully saturated rings. The van der Waals surface area contributed by atoms with Gasteiger partial charge < -0.3 is 5.32 Å². The predicted molar refractivity (Wildman–Crippen MR) is 60.6 cm³/mol. The molecule has 13 heavy (non-hydrogen) atoms. The Labute approximate surface area is 83.6 Å². The molecule has 1 N–H and O–H groups in total. The van der Waals surface area contributed by atoms with Gasteiger partial charge in [-0.15, -0.1) is 0 Å². The molecule has 0 rings (SSSR count). The molecule has 78 valence electrons. The average molecular weight is 183 g/mol. The SMILES string of the molecule is C=C(CC(C)C)NC(C)C(C)(C)C. The van der Waals surface area contributed by atoms with Crippen LogP contribution in [0.3, 0.4) is 0 Å². The van der Waals surface area contributed by atoms with E-state index in [4.69, 9.17) is 0 Å². The van der Waals surface area contributed by atoms with Gasteiger partial charge in [-0.05, 0) is 24.7 Å². The van der Waals surface area contributed by atoms with Crippen molar-refractivity contribution in [3.8, 4) is 0 Å². The van der Waals surface area contributed by atoms with Crippen LogP contribution >= 0.6 is 0 Å². The standard InChI is InChI=1S/C12H25N/c1-9(2)8-10(3)13-11(4)12(5,6)7/h9,11,13H,3,8H2,1-2,4-7H3. The third-order valence-electron chi connectivity index (χ3n) is 2.37. The van der Waals surface area contributed by atoms with Gasteiger partial charge in [-0.1, -0.05) is 41.2 Å². The summed E-state index contributed by atoms with van der Waals surface area (Å²) in [6.45, 7) is 17.4. The van der Waals surface area contributed by atoms with Gasteiger partial charge in [-0.3, -0.25) is 0 Å². The Bertz CT molecular complexity index is 162. The first-order valence-corrected chi connectivity index (χ1v) is 5.17. The van der Waals surface area contributed by atoms with E-state index in [9.17, 15) is 0 Å². The molecule has 0 saturated carbocycles. The monoisotopic (exact) mass is 183 g/mol. The van der Waals surface area contributed by atoms with Gasteiger partial charge in [-0.2, -0.15) is 0 Å². The van der Waals surface area contributed by atoms with Crippen LogP contribution in [0.4, 0.5) is 0 Å². The molecule has 0 bridgehead atoms. The smallest absolute Gasteiger partial charge is 0.0278 e. The van der Waals surface area contributed by atoms with Gasteiger partial charge in [0.25, 0.3) is 0 Å². The number of hydrogen-bond donors (Lipinski definition) is 1. The van der Waals surface area contributed by atoms with Crippen molar-refractivity contribution in [2.24, 2.45) is 11.3 Å². The summed E-state index contributed by atoms with van der Waals surface area (Å²) in [5.74, 6) is 0.687. The normalized spacial score (nSPS) is 14.4. The second kappa shape index (κ2) is 4.69. The topological polar surface area (TPSA) is 12.0 Å². The maximum Gasteiger partial charge on any atom is 0.0278 e. The van der Waals surface area contributed by atoms with Gasteiger partial charge in [0.15, 0.2) is 0 Å². The van der Waals surface area contributed by atoms with Crippen LogP contribution in [0.15, 0.2) is 12.3 Å². The maximum atomic E-state index is 4.04. The number of rotatable bonds is 4. The summed E-state index contributed by atoms with van der Waals surface area (Å²) in [5, 5.41) is 3.46. The Morgan fingerprint density at radius 2 is 1.69 bits per heavy atom. The average Bonchev–Trinajstić information content (AvgIpc) is 1.82. The van der Waals surface area contributed by atoms with Gasteiger partial charge in [0, 0.05) is 11.7 Å². The van der Waals surface area contributed by atoms with Crippen LogP contribution < -0.4 is 5.32 Å². The molecular formula is C12H25N. The summed E-state index contributed by atoms with van der Waals surface area (Å²) in [5.41, 5.74) is 1.47. The lowest BCUT2D eigenvalue weighted by molar-refractivity contribution is 0.299. The van der Waals surface area contributed by atoms with Crippen LogP contribution in [-0.4, -0.2) is 6.04 Å². The summed E-state index contributed by atoms with van der Waals surface area (Å²) in [6.07, 6.45) is 1.07. The molecule has 0 aromatic carbocycles. The first kappa shape index (κ1) is 12.5. The Morgan fingerprint density at radius 1 is 1.23 bits per heavy atom. The van der Waals surface area contributed by atoms with E-state index >= 15 is 0 Å². The summed E-state index contributed by atoms with van der Waals surface area (Å²) in [7, 11) is 0. The third-order valence-corrected chi connectivity index (χ3v) is 2.37. The van der Waals surface area contributed by atoms with E-state index in [-0.39, 0.29) is 0 Å². The third kappa shape index (κ3) is 5.73. The molecule has 0 aliphatic carbocycles. The van der Waals surface area contributed by atoms with Crippen molar-refractivity contribution in [2.75, 3.05) is 0 Å². The number of allylic oxidation sites excluding steroid dienone is 1. The minimum absolute atomic E-state index is 0.305.